The zero-order valence-electron chi connectivity index (χ0n) is 17.2. The van der Waals surface area contributed by atoms with Crippen LogP contribution in [0.2, 0.25) is 0 Å². The van der Waals surface area contributed by atoms with Crippen LogP contribution < -0.4 is 4.90 Å². The Hall–Kier alpha value is -0.880. The van der Waals surface area contributed by atoms with Crippen molar-refractivity contribution >= 4 is 73.1 Å². The average molecular weight is 609 g/mol. The van der Waals surface area contributed by atoms with Gasteiger partial charge in [-0.25, -0.2) is 19.2 Å². The molecule has 4 rings (SSSR count). The molecule has 2 aromatic rings. The molecule has 30 heavy (non-hydrogen) atoms. The van der Waals surface area contributed by atoms with Crippen LogP contribution in [0, 0.1) is 9.39 Å². The average Bonchev–Trinajstić information content (AvgIpc) is 3.26. The molecule has 2 saturated heterocycles. The monoisotopic (exact) mass is 608 g/mol. The van der Waals surface area contributed by atoms with Crippen LogP contribution in [0.25, 0.3) is 10.9 Å². The van der Waals surface area contributed by atoms with E-state index in [2.05, 4.69) is 48.4 Å². The first-order valence-electron chi connectivity index (χ1n) is 9.83. The zero-order chi connectivity index (χ0) is 21.8. The molecule has 0 spiro atoms. The van der Waals surface area contributed by atoms with Crippen LogP contribution in [0.15, 0.2) is 15.7 Å². The van der Waals surface area contributed by atoms with Crippen molar-refractivity contribution in [2.24, 2.45) is 0 Å². The third-order valence-corrected chi connectivity index (χ3v) is 8.30. The van der Waals surface area contributed by atoms with E-state index < -0.39 is 5.60 Å². The number of nitrogens with zero attached hydrogens (tertiary/aromatic N) is 4. The molecule has 0 saturated carbocycles. The lowest BCUT2D eigenvalue weighted by atomic mass is 10.2. The molecule has 0 unspecified atom stereocenters. The van der Waals surface area contributed by atoms with Crippen LogP contribution >= 0.6 is 50.3 Å². The summed E-state index contributed by atoms with van der Waals surface area (Å²) in [6.07, 6.45) is 0.589. The predicted molar refractivity (Wildman–Crippen MR) is 129 cm³/mol. The van der Waals surface area contributed by atoms with E-state index in [1.165, 1.54) is 11.8 Å². The van der Waals surface area contributed by atoms with E-state index >= 15 is 4.39 Å². The fourth-order valence-electron chi connectivity index (χ4n) is 4.02. The smallest absolute Gasteiger partial charge is 0.410 e. The maximum absolute atomic E-state index is 15.0. The summed E-state index contributed by atoms with van der Waals surface area (Å²) in [5.74, 6) is 1.19. The van der Waals surface area contributed by atoms with Crippen LogP contribution in [0.3, 0.4) is 0 Å². The number of likely N-dealkylation sites (tertiary alicyclic amines) is 1. The van der Waals surface area contributed by atoms with Crippen LogP contribution in [0.4, 0.5) is 15.0 Å². The van der Waals surface area contributed by atoms with Crippen LogP contribution in [0.1, 0.15) is 34.1 Å². The summed E-state index contributed by atoms with van der Waals surface area (Å²) in [4.78, 5) is 25.9. The Morgan fingerprint density at radius 2 is 2.10 bits per heavy atom. The number of carbonyl (C=O) groups excluding carboxylic acids is 1. The lowest BCUT2D eigenvalue weighted by Crippen LogP contribution is -2.50. The standard InChI is InChI=1S/C20H23BrFIN4O2S/c1-5-30-18-24-16-12(7-13(23)14(21)15(16)22)17(25-18)26-8-11-6-10(26)9-27(11)19(28)29-20(2,3)4/h7,10-11H,5-6,8-9H2,1-4H3/t10-,11-/m0/s1. The van der Waals surface area contributed by atoms with Crippen LogP contribution in [0.5, 0.6) is 0 Å². The van der Waals surface area contributed by atoms with Crippen molar-refractivity contribution < 1.29 is 13.9 Å². The number of benzene rings is 1. The molecule has 2 bridgehead atoms. The summed E-state index contributed by atoms with van der Waals surface area (Å²) >= 11 is 6.94. The van der Waals surface area contributed by atoms with Crippen molar-refractivity contribution in [2.45, 2.75) is 57.0 Å². The van der Waals surface area contributed by atoms with Gasteiger partial charge >= 0.3 is 6.09 Å². The Bertz CT molecular complexity index is 1020. The quantitative estimate of drug-likeness (QED) is 0.200. The predicted octanol–water partition coefficient (Wildman–Crippen LogP) is 5.45. The highest BCUT2D eigenvalue weighted by atomic mass is 127. The lowest BCUT2D eigenvalue weighted by molar-refractivity contribution is 0.0214. The second kappa shape index (κ2) is 8.23. The van der Waals surface area contributed by atoms with Gasteiger partial charge < -0.3 is 14.5 Å². The Morgan fingerprint density at radius 3 is 2.70 bits per heavy atom. The third-order valence-electron chi connectivity index (χ3n) is 5.20. The van der Waals surface area contributed by atoms with Crippen molar-refractivity contribution in [3.05, 3.63) is 19.9 Å². The molecular formula is C20H23BrFIN4O2S. The summed E-state index contributed by atoms with van der Waals surface area (Å²) in [5.41, 5.74) is -0.190. The highest BCUT2D eigenvalue weighted by Crippen LogP contribution is 2.40. The summed E-state index contributed by atoms with van der Waals surface area (Å²) in [5, 5.41) is 1.27. The van der Waals surface area contributed by atoms with Gasteiger partial charge in [-0.15, -0.1) is 0 Å². The largest absolute Gasteiger partial charge is 0.444 e. The summed E-state index contributed by atoms with van der Waals surface area (Å²) in [7, 11) is 0. The molecule has 2 aliphatic rings. The fraction of sp³-hybridized carbons (Fsp3) is 0.550. The number of fused-ring (bicyclic) bond motifs is 3. The summed E-state index contributed by atoms with van der Waals surface area (Å²) in [6, 6.07) is 2.12. The summed E-state index contributed by atoms with van der Waals surface area (Å²) in [6.45, 7) is 8.88. The van der Waals surface area contributed by atoms with E-state index in [-0.39, 0.29) is 24.0 Å². The second-order valence-electron chi connectivity index (χ2n) is 8.47. The first kappa shape index (κ1) is 22.3. The molecule has 2 atom stereocenters. The van der Waals surface area contributed by atoms with Crippen LogP contribution in [-0.2, 0) is 4.74 Å². The second-order valence-corrected chi connectivity index (χ2v) is 11.7. The van der Waals surface area contributed by atoms with E-state index in [1.807, 2.05) is 38.7 Å². The number of aromatic nitrogens is 2. The van der Waals surface area contributed by atoms with Gasteiger partial charge in [-0.3, -0.25) is 0 Å². The van der Waals surface area contributed by atoms with E-state index in [1.54, 1.807) is 0 Å². The molecule has 1 aromatic carbocycles. The molecule has 0 N–H and O–H groups in total. The molecule has 2 fully saturated rings. The van der Waals surface area contributed by atoms with E-state index in [0.29, 0.717) is 33.6 Å². The van der Waals surface area contributed by atoms with Crippen molar-refractivity contribution in [1.29, 1.82) is 0 Å². The van der Waals surface area contributed by atoms with Gasteiger partial charge in [-0.05, 0) is 77.5 Å². The van der Waals surface area contributed by atoms with Crippen molar-refractivity contribution in [2.75, 3.05) is 23.7 Å². The van der Waals surface area contributed by atoms with E-state index in [9.17, 15) is 4.79 Å². The van der Waals surface area contributed by atoms with Gasteiger partial charge in [-0.1, -0.05) is 18.7 Å². The molecule has 162 valence electrons. The molecule has 1 amide bonds. The molecular weight excluding hydrogens is 586 g/mol. The maximum atomic E-state index is 15.0. The van der Waals surface area contributed by atoms with Gasteiger partial charge in [0, 0.05) is 22.0 Å². The van der Waals surface area contributed by atoms with Crippen molar-refractivity contribution in [1.82, 2.24) is 14.9 Å². The molecule has 3 heterocycles. The Morgan fingerprint density at radius 1 is 1.37 bits per heavy atom. The van der Waals surface area contributed by atoms with E-state index in [0.717, 1.165) is 21.6 Å². The van der Waals surface area contributed by atoms with Gasteiger partial charge in [0.05, 0.1) is 16.6 Å². The Labute approximate surface area is 201 Å². The van der Waals surface area contributed by atoms with Gasteiger partial charge in [0.2, 0.25) is 0 Å². The topological polar surface area (TPSA) is 58.6 Å². The van der Waals surface area contributed by atoms with Gasteiger partial charge in [0.1, 0.15) is 16.9 Å². The normalized spacial score (nSPS) is 21.0. The fourth-order valence-corrected chi connectivity index (χ4v) is 5.44. The van der Waals surface area contributed by atoms with Gasteiger partial charge in [-0.2, -0.15) is 0 Å². The first-order chi connectivity index (χ1) is 14.1. The SMILES string of the molecule is CCSc1nc(N2C[C@@H]3C[C@H]2CN3C(=O)OC(C)(C)C)c2cc(I)c(Br)c(F)c2n1. The number of hydrogen-bond donors (Lipinski definition) is 0. The minimum Gasteiger partial charge on any atom is -0.444 e. The van der Waals surface area contributed by atoms with Crippen molar-refractivity contribution in [3.63, 3.8) is 0 Å². The number of rotatable bonds is 3. The number of anilines is 1. The highest BCUT2D eigenvalue weighted by molar-refractivity contribution is 14.1. The molecule has 1 aromatic heterocycles. The number of amides is 1. The lowest BCUT2D eigenvalue weighted by Gasteiger charge is -2.36. The number of thioether (sulfide) groups is 1. The van der Waals surface area contributed by atoms with Gasteiger partial charge in [0.15, 0.2) is 11.0 Å². The number of piperazine rings is 1. The van der Waals surface area contributed by atoms with Crippen LogP contribution in [-0.4, -0.2) is 57.5 Å². The van der Waals surface area contributed by atoms with E-state index in [4.69, 9.17) is 9.72 Å². The zero-order valence-corrected chi connectivity index (χ0v) is 21.8. The van der Waals surface area contributed by atoms with Gasteiger partial charge in [0.25, 0.3) is 0 Å². The maximum Gasteiger partial charge on any atom is 0.410 e. The molecule has 2 aliphatic heterocycles. The highest BCUT2D eigenvalue weighted by Gasteiger charge is 2.47. The summed E-state index contributed by atoms with van der Waals surface area (Å²) < 4.78 is 21.8. The number of halogens is 3. The molecule has 0 aliphatic carbocycles. The minimum atomic E-state index is -0.519. The number of hydrogen-bond acceptors (Lipinski definition) is 6. The van der Waals surface area contributed by atoms with Crippen molar-refractivity contribution in [3.8, 4) is 0 Å². The third kappa shape index (κ3) is 4.11. The number of ether oxygens (including phenoxy) is 1. The molecule has 0 radical (unpaired) electrons. The molecule has 6 nitrogen and oxygen atoms in total. The Balaban J connectivity index is 1.69. The minimum absolute atomic E-state index is 0.0662. The Kier molecular flexibility index (Phi) is 6.13. The molecule has 10 heteroatoms. The number of carbonyl (C=O) groups is 1. The first-order valence-corrected chi connectivity index (χ1v) is 12.7.